The fraction of sp³-hybridized carbons (Fsp3) is 0.222. The number of carbonyl (C=O) groups excluding carboxylic acids is 1. The Kier molecular flexibility index (Phi) is 5.55. The van der Waals surface area contributed by atoms with Crippen LogP contribution in [0.3, 0.4) is 0 Å². The molecule has 0 atom stereocenters. The number of carbonyl (C=O) groups is 1. The van der Waals surface area contributed by atoms with Gasteiger partial charge in [0.15, 0.2) is 0 Å². The highest BCUT2D eigenvalue weighted by molar-refractivity contribution is 5.92. The largest absolute Gasteiger partial charge is 0.497 e. The molecule has 0 aliphatic carbocycles. The number of ether oxygens (including phenoxy) is 1. The van der Waals surface area contributed by atoms with E-state index in [0.29, 0.717) is 23.9 Å². The van der Waals surface area contributed by atoms with E-state index in [1.165, 1.54) is 0 Å². The number of benzene rings is 1. The van der Waals surface area contributed by atoms with Crippen molar-refractivity contribution in [2.75, 3.05) is 26.0 Å². The molecule has 3 rings (SSSR count). The normalized spacial score (nSPS) is 10.7. The number of nitrogens with one attached hydrogen (secondary N) is 1. The molecule has 0 aliphatic rings. The Labute approximate surface area is 150 Å². The van der Waals surface area contributed by atoms with E-state index in [2.05, 4.69) is 20.4 Å². The summed E-state index contributed by atoms with van der Waals surface area (Å²) in [7, 11) is 3.40. The van der Waals surface area contributed by atoms with E-state index in [-0.39, 0.29) is 12.5 Å². The van der Waals surface area contributed by atoms with E-state index in [4.69, 9.17) is 9.26 Å². The lowest BCUT2D eigenvalue weighted by Gasteiger charge is -2.14. The molecule has 8 heteroatoms. The molecule has 134 valence electrons. The molecule has 1 amide bonds. The number of amides is 1. The van der Waals surface area contributed by atoms with Crippen molar-refractivity contribution in [2.45, 2.75) is 6.54 Å². The van der Waals surface area contributed by atoms with Crippen LogP contribution < -0.4 is 10.1 Å². The van der Waals surface area contributed by atoms with Crippen LogP contribution in [0.15, 0.2) is 53.3 Å². The van der Waals surface area contributed by atoms with Gasteiger partial charge in [-0.1, -0.05) is 5.16 Å². The van der Waals surface area contributed by atoms with Crippen molar-refractivity contribution < 1.29 is 14.1 Å². The molecule has 0 fully saturated rings. The minimum Gasteiger partial charge on any atom is -0.497 e. The SMILES string of the molecule is COc1ccc(NC(=O)CN(C)Cc2nc(-c3cccnc3)no2)cc1. The van der Waals surface area contributed by atoms with E-state index in [1.807, 2.05) is 13.1 Å². The Balaban J connectivity index is 1.52. The first-order valence-corrected chi connectivity index (χ1v) is 7.99. The zero-order valence-corrected chi connectivity index (χ0v) is 14.5. The van der Waals surface area contributed by atoms with Gasteiger partial charge in [0.1, 0.15) is 5.75 Å². The maximum Gasteiger partial charge on any atom is 0.241 e. The molecular formula is C18H19N5O3. The average molecular weight is 353 g/mol. The zero-order valence-electron chi connectivity index (χ0n) is 14.5. The van der Waals surface area contributed by atoms with Crippen LogP contribution in [0.25, 0.3) is 11.4 Å². The molecule has 3 aromatic rings. The molecule has 1 N–H and O–H groups in total. The standard InChI is InChI=1S/C18H19N5O3/c1-23(11-16(24)20-14-5-7-15(25-2)8-6-14)12-17-21-18(22-26-17)13-4-3-9-19-10-13/h3-10H,11-12H2,1-2H3,(H,20,24). The summed E-state index contributed by atoms with van der Waals surface area (Å²) in [5.41, 5.74) is 1.49. The second kappa shape index (κ2) is 8.21. The highest BCUT2D eigenvalue weighted by Gasteiger charge is 2.13. The van der Waals surface area contributed by atoms with Gasteiger partial charge in [-0.25, -0.2) is 0 Å². The lowest BCUT2D eigenvalue weighted by Crippen LogP contribution is -2.29. The molecular weight excluding hydrogens is 334 g/mol. The summed E-state index contributed by atoms with van der Waals surface area (Å²) < 4.78 is 10.3. The van der Waals surface area contributed by atoms with Gasteiger partial charge in [-0.05, 0) is 43.4 Å². The third-order valence-electron chi connectivity index (χ3n) is 3.58. The third kappa shape index (κ3) is 4.64. The number of hydrogen-bond acceptors (Lipinski definition) is 7. The van der Waals surface area contributed by atoms with Crippen LogP contribution in [-0.4, -0.2) is 46.6 Å². The van der Waals surface area contributed by atoms with Crippen LogP contribution in [0.2, 0.25) is 0 Å². The zero-order chi connectivity index (χ0) is 18.4. The first-order chi connectivity index (χ1) is 12.6. The molecule has 0 unspecified atom stereocenters. The number of hydrogen-bond donors (Lipinski definition) is 1. The van der Waals surface area contributed by atoms with Crippen LogP contribution >= 0.6 is 0 Å². The number of aromatic nitrogens is 3. The van der Waals surface area contributed by atoms with E-state index in [9.17, 15) is 4.79 Å². The molecule has 2 aromatic heterocycles. The molecule has 8 nitrogen and oxygen atoms in total. The second-order valence-corrected chi connectivity index (χ2v) is 5.70. The third-order valence-corrected chi connectivity index (χ3v) is 3.58. The van der Waals surface area contributed by atoms with E-state index >= 15 is 0 Å². The topological polar surface area (TPSA) is 93.4 Å². The van der Waals surface area contributed by atoms with Crippen LogP contribution in [0.5, 0.6) is 5.75 Å². The Bertz CT molecular complexity index is 849. The molecule has 0 spiro atoms. The van der Waals surface area contributed by atoms with Gasteiger partial charge < -0.3 is 14.6 Å². The highest BCUT2D eigenvalue weighted by atomic mass is 16.5. The average Bonchev–Trinajstić information content (AvgIpc) is 3.11. The number of methoxy groups -OCH3 is 1. The van der Waals surface area contributed by atoms with Crippen molar-refractivity contribution >= 4 is 11.6 Å². The molecule has 26 heavy (non-hydrogen) atoms. The van der Waals surface area contributed by atoms with Crippen molar-refractivity contribution in [3.05, 3.63) is 54.7 Å². The van der Waals surface area contributed by atoms with Crippen molar-refractivity contribution in [3.63, 3.8) is 0 Å². The van der Waals surface area contributed by atoms with Gasteiger partial charge in [-0.3, -0.25) is 14.7 Å². The van der Waals surface area contributed by atoms with E-state index in [0.717, 1.165) is 11.3 Å². The first kappa shape index (κ1) is 17.6. The highest BCUT2D eigenvalue weighted by Crippen LogP contribution is 2.16. The summed E-state index contributed by atoms with van der Waals surface area (Å²) in [5, 5.41) is 6.77. The molecule has 0 aliphatic heterocycles. The fourth-order valence-electron chi connectivity index (χ4n) is 2.34. The maximum atomic E-state index is 12.1. The molecule has 1 aromatic carbocycles. The first-order valence-electron chi connectivity index (χ1n) is 7.99. The van der Waals surface area contributed by atoms with Gasteiger partial charge in [0, 0.05) is 23.6 Å². The van der Waals surface area contributed by atoms with Gasteiger partial charge in [-0.2, -0.15) is 4.98 Å². The number of likely N-dealkylation sites (N-methyl/N-ethyl adjacent to an activating group) is 1. The Morgan fingerprint density at radius 2 is 2.08 bits per heavy atom. The van der Waals surface area contributed by atoms with Crippen molar-refractivity contribution in [3.8, 4) is 17.1 Å². The van der Waals surface area contributed by atoms with E-state index in [1.54, 1.807) is 54.7 Å². The molecule has 0 saturated carbocycles. The van der Waals surface area contributed by atoms with Gasteiger partial charge >= 0.3 is 0 Å². The predicted octanol–water partition coefficient (Wildman–Crippen LogP) is 2.21. The predicted molar refractivity (Wildman–Crippen MR) is 95.5 cm³/mol. The number of anilines is 1. The van der Waals surface area contributed by atoms with Crippen LogP contribution in [-0.2, 0) is 11.3 Å². The Hall–Kier alpha value is -3.26. The molecule has 2 heterocycles. The van der Waals surface area contributed by atoms with Gasteiger partial charge in [0.2, 0.25) is 17.6 Å². The lowest BCUT2D eigenvalue weighted by molar-refractivity contribution is -0.117. The quantitative estimate of drug-likeness (QED) is 0.696. The number of rotatable bonds is 7. The summed E-state index contributed by atoms with van der Waals surface area (Å²) >= 11 is 0. The van der Waals surface area contributed by atoms with Gasteiger partial charge in [0.25, 0.3) is 0 Å². The van der Waals surface area contributed by atoms with Crippen LogP contribution in [0, 0.1) is 0 Å². The van der Waals surface area contributed by atoms with Crippen molar-refractivity contribution in [1.82, 2.24) is 20.0 Å². The van der Waals surface area contributed by atoms with Crippen molar-refractivity contribution in [2.24, 2.45) is 0 Å². The Morgan fingerprint density at radius 3 is 2.77 bits per heavy atom. The molecule has 0 saturated heterocycles. The minimum absolute atomic E-state index is 0.135. The molecule has 0 bridgehead atoms. The fourth-order valence-corrected chi connectivity index (χ4v) is 2.34. The van der Waals surface area contributed by atoms with Crippen LogP contribution in [0.4, 0.5) is 5.69 Å². The summed E-state index contributed by atoms with van der Waals surface area (Å²) in [6.45, 7) is 0.555. The summed E-state index contributed by atoms with van der Waals surface area (Å²) in [5.74, 6) is 1.51. The van der Waals surface area contributed by atoms with E-state index < -0.39 is 0 Å². The monoisotopic (exact) mass is 353 g/mol. The maximum absolute atomic E-state index is 12.1. The summed E-state index contributed by atoms with van der Waals surface area (Å²) in [4.78, 5) is 22.3. The minimum atomic E-state index is -0.135. The summed E-state index contributed by atoms with van der Waals surface area (Å²) in [6.07, 6.45) is 3.35. The lowest BCUT2D eigenvalue weighted by atomic mass is 10.3. The second-order valence-electron chi connectivity index (χ2n) is 5.70. The van der Waals surface area contributed by atoms with Crippen LogP contribution in [0.1, 0.15) is 5.89 Å². The van der Waals surface area contributed by atoms with Gasteiger partial charge in [-0.15, -0.1) is 0 Å². The van der Waals surface area contributed by atoms with Crippen molar-refractivity contribution in [1.29, 1.82) is 0 Å². The summed E-state index contributed by atoms with van der Waals surface area (Å²) in [6, 6.07) is 10.8. The Morgan fingerprint density at radius 1 is 1.27 bits per heavy atom. The number of nitrogens with zero attached hydrogens (tertiary/aromatic N) is 4. The smallest absolute Gasteiger partial charge is 0.241 e. The number of pyridine rings is 1. The van der Waals surface area contributed by atoms with Gasteiger partial charge in [0.05, 0.1) is 20.2 Å². The molecule has 0 radical (unpaired) electrons.